The fourth-order valence-corrected chi connectivity index (χ4v) is 4.18. The number of hydrogen-bond donors (Lipinski definition) is 2. The number of carbonyl (C=O) groups excluding carboxylic acids is 2. The number of nitrogens with zero attached hydrogens (tertiary/aromatic N) is 3. The molecule has 7 nitrogen and oxygen atoms in total. The quantitative estimate of drug-likeness (QED) is 0.674. The molecule has 2 aromatic carbocycles. The van der Waals surface area contributed by atoms with Gasteiger partial charge >= 0.3 is 0 Å². The minimum Gasteiger partial charge on any atom is -0.326 e. The van der Waals surface area contributed by atoms with Crippen LogP contribution in [0.15, 0.2) is 53.4 Å². The van der Waals surface area contributed by atoms with Gasteiger partial charge in [-0.1, -0.05) is 12.1 Å². The molecular weight excluding hydrogens is 386 g/mol. The van der Waals surface area contributed by atoms with E-state index in [2.05, 4.69) is 20.5 Å². The molecule has 0 spiro atoms. The lowest BCUT2D eigenvalue weighted by Gasteiger charge is -2.29. The van der Waals surface area contributed by atoms with Crippen LogP contribution in [0.4, 0.5) is 11.4 Å². The third-order valence-corrected chi connectivity index (χ3v) is 5.66. The SMILES string of the molecule is Cc1nc(-c2ccc(NC(=O)CCC(=O)N3CCSc4ccccc43)cc2)n[nH]1. The number of anilines is 2. The number of H-pyrrole nitrogens is 1. The minimum absolute atomic E-state index is 0.0248. The first-order valence-electron chi connectivity index (χ1n) is 9.41. The molecule has 0 saturated carbocycles. The number of amides is 2. The Morgan fingerprint density at radius 2 is 1.93 bits per heavy atom. The number of aromatic amines is 1. The highest BCUT2D eigenvalue weighted by atomic mass is 32.2. The molecule has 2 amide bonds. The number of hydrogen-bond acceptors (Lipinski definition) is 5. The Balaban J connectivity index is 1.32. The fourth-order valence-electron chi connectivity index (χ4n) is 3.18. The molecule has 0 fully saturated rings. The van der Waals surface area contributed by atoms with Gasteiger partial charge in [0.15, 0.2) is 5.82 Å². The molecule has 2 heterocycles. The summed E-state index contributed by atoms with van der Waals surface area (Å²) in [4.78, 5) is 32.1. The average Bonchev–Trinajstić information content (AvgIpc) is 3.18. The largest absolute Gasteiger partial charge is 0.326 e. The van der Waals surface area contributed by atoms with Crippen molar-refractivity contribution in [1.82, 2.24) is 15.2 Å². The molecule has 0 saturated heterocycles. The van der Waals surface area contributed by atoms with E-state index in [-0.39, 0.29) is 24.7 Å². The van der Waals surface area contributed by atoms with Crippen LogP contribution < -0.4 is 10.2 Å². The van der Waals surface area contributed by atoms with Crippen LogP contribution in [0.25, 0.3) is 11.4 Å². The first-order chi connectivity index (χ1) is 14.1. The van der Waals surface area contributed by atoms with Gasteiger partial charge in [-0.15, -0.1) is 11.8 Å². The molecule has 0 bridgehead atoms. The van der Waals surface area contributed by atoms with Crippen molar-refractivity contribution in [1.29, 1.82) is 0 Å². The van der Waals surface area contributed by atoms with E-state index in [0.29, 0.717) is 18.1 Å². The lowest BCUT2D eigenvalue weighted by atomic mass is 10.2. The fraction of sp³-hybridized carbons (Fsp3) is 0.238. The van der Waals surface area contributed by atoms with E-state index in [1.807, 2.05) is 43.3 Å². The highest BCUT2D eigenvalue weighted by Crippen LogP contribution is 2.34. The van der Waals surface area contributed by atoms with Crippen LogP contribution in [0, 0.1) is 6.92 Å². The summed E-state index contributed by atoms with van der Waals surface area (Å²) >= 11 is 1.75. The number of aryl methyl sites for hydroxylation is 1. The summed E-state index contributed by atoms with van der Waals surface area (Å²) < 4.78 is 0. The van der Waals surface area contributed by atoms with Crippen LogP contribution in [0.5, 0.6) is 0 Å². The zero-order chi connectivity index (χ0) is 20.2. The summed E-state index contributed by atoms with van der Waals surface area (Å²) in [5.41, 5.74) is 2.48. The second kappa shape index (κ2) is 8.48. The van der Waals surface area contributed by atoms with Gasteiger partial charge in [0, 0.05) is 41.3 Å². The predicted molar refractivity (Wildman–Crippen MR) is 114 cm³/mol. The number of thioether (sulfide) groups is 1. The smallest absolute Gasteiger partial charge is 0.227 e. The number of rotatable bonds is 5. The first kappa shape index (κ1) is 19.2. The number of para-hydroxylation sites is 1. The van der Waals surface area contributed by atoms with Crippen molar-refractivity contribution >= 4 is 35.0 Å². The van der Waals surface area contributed by atoms with Crippen molar-refractivity contribution in [3.8, 4) is 11.4 Å². The molecule has 8 heteroatoms. The summed E-state index contributed by atoms with van der Waals surface area (Å²) in [6.07, 6.45) is 0.325. The average molecular weight is 407 g/mol. The van der Waals surface area contributed by atoms with Gasteiger partial charge in [0.1, 0.15) is 5.82 Å². The molecule has 0 radical (unpaired) electrons. The maximum atomic E-state index is 12.6. The van der Waals surface area contributed by atoms with E-state index < -0.39 is 0 Å². The van der Waals surface area contributed by atoms with Crippen molar-refractivity contribution in [3.05, 3.63) is 54.4 Å². The Morgan fingerprint density at radius 1 is 1.14 bits per heavy atom. The maximum absolute atomic E-state index is 12.6. The monoisotopic (exact) mass is 407 g/mol. The van der Waals surface area contributed by atoms with Crippen molar-refractivity contribution < 1.29 is 9.59 Å². The second-order valence-electron chi connectivity index (χ2n) is 6.73. The van der Waals surface area contributed by atoms with Crippen molar-refractivity contribution in [2.45, 2.75) is 24.7 Å². The van der Waals surface area contributed by atoms with E-state index in [1.165, 1.54) is 0 Å². The van der Waals surface area contributed by atoms with Gasteiger partial charge in [-0.2, -0.15) is 5.10 Å². The normalized spacial score (nSPS) is 13.1. The zero-order valence-electron chi connectivity index (χ0n) is 16.0. The van der Waals surface area contributed by atoms with Gasteiger partial charge in [-0.05, 0) is 43.3 Å². The zero-order valence-corrected chi connectivity index (χ0v) is 16.8. The molecule has 1 aromatic heterocycles. The highest BCUT2D eigenvalue weighted by molar-refractivity contribution is 7.99. The van der Waals surface area contributed by atoms with E-state index >= 15 is 0 Å². The van der Waals surface area contributed by atoms with Crippen molar-refractivity contribution in [2.75, 3.05) is 22.5 Å². The highest BCUT2D eigenvalue weighted by Gasteiger charge is 2.22. The third kappa shape index (κ3) is 4.48. The summed E-state index contributed by atoms with van der Waals surface area (Å²) in [7, 11) is 0. The topological polar surface area (TPSA) is 91.0 Å². The predicted octanol–water partition coefficient (Wildman–Crippen LogP) is 3.64. The molecule has 2 N–H and O–H groups in total. The van der Waals surface area contributed by atoms with E-state index in [1.54, 1.807) is 28.8 Å². The molecule has 148 valence electrons. The Labute approximate surface area is 172 Å². The molecule has 29 heavy (non-hydrogen) atoms. The van der Waals surface area contributed by atoms with Crippen LogP contribution >= 0.6 is 11.8 Å². The number of fused-ring (bicyclic) bond motifs is 1. The van der Waals surface area contributed by atoms with Crippen molar-refractivity contribution in [3.63, 3.8) is 0 Å². The lowest BCUT2D eigenvalue weighted by Crippen LogP contribution is -2.35. The summed E-state index contributed by atoms with van der Waals surface area (Å²) in [5.74, 6) is 2.02. The molecule has 0 aliphatic carbocycles. The van der Waals surface area contributed by atoms with E-state index in [4.69, 9.17) is 0 Å². The first-order valence-corrected chi connectivity index (χ1v) is 10.4. The van der Waals surface area contributed by atoms with Crippen LogP contribution in [0.3, 0.4) is 0 Å². The molecule has 3 aromatic rings. The Morgan fingerprint density at radius 3 is 2.69 bits per heavy atom. The third-order valence-electron chi connectivity index (χ3n) is 4.62. The number of benzene rings is 2. The number of nitrogens with one attached hydrogen (secondary N) is 2. The molecule has 4 rings (SSSR count). The Bertz CT molecular complexity index is 1030. The molecule has 0 atom stereocenters. The number of carbonyl (C=O) groups is 2. The van der Waals surface area contributed by atoms with Gasteiger partial charge in [-0.25, -0.2) is 4.98 Å². The molecule has 0 unspecified atom stereocenters. The minimum atomic E-state index is -0.181. The van der Waals surface area contributed by atoms with Crippen molar-refractivity contribution in [2.24, 2.45) is 0 Å². The van der Waals surface area contributed by atoms with E-state index in [9.17, 15) is 9.59 Å². The molecular formula is C21H21N5O2S. The van der Waals surface area contributed by atoms with Crippen LogP contribution in [0.2, 0.25) is 0 Å². The van der Waals surface area contributed by atoms with Crippen LogP contribution in [-0.4, -0.2) is 39.3 Å². The van der Waals surface area contributed by atoms with Crippen LogP contribution in [-0.2, 0) is 9.59 Å². The summed E-state index contributed by atoms with van der Waals surface area (Å²) in [5, 5.41) is 9.77. The van der Waals surface area contributed by atoms with Gasteiger partial charge < -0.3 is 10.2 Å². The Kier molecular flexibility index (Phi) is 5.62. The lowest BCUT2D eigenvalue weighted by molar-refractivity contribution is -0.122. The van der Waals surface area contributed by atoms with Gasteiger partial charge in [0.2, 0.25) is 11.8 Å². The summed E-state index contributed by atoms with van der Waals surface area (Å²) in [6.45, 7) is 2.51. The second-order valence-corrected chi connectivity index (χ2v) is 7.87. The van der Waals surface area contributed by atoms with Gasteiger partial charge in [0.05, 0.1) is 5.69 Å². The maximum Gasteiger partial charge on any atom is 0.227 e. The standard InChI is InChI=1S/C21H21N5O2S/c1-14-22-21(25-24-14)15-6-8-16(9-7-15)23-19(27)10-11-20(28)26-12-13-29-18-5-3-2-4-17(18)26/h2-9H,10-13H2,1H3,(H,23,27)(H,22,24,25). The van der Waals surface area contributed by atoms with Crippen LogP contribution in [0.1, 0.15) is 18.7 Å². The molecule has 1 aliphatic heterocycles. The van der Waals surface area contributed by atoms with Gasteiger partial charge in [-0.3, -0.25) is 14.7 Å². The molecule has 1 aliphatic rings. The van der Waals surface area contributed by atoms with Gasteiger partial charge in [0.25, 0.3) is 0 Å². The van der Waals surface area contributed by atoms with E-state index in [0.717, 1.165) is 27.7 Å². The number of aromatic nitrogens is 3. The summed E-state index contributed by atoms with van der Waals surface area (Å²) in [6, 6.07) is 15.2. The Hall–Kier alpha value is -3.13.